The molecule has 0 atom stereocenters. The van der Waals surface area contributed by atoms with Gasteiger partial charge >= 0.3 is 0 Å². The maximum atomic E-state index is 12.3. The van der Waals surface area contributed by atoms with Crippen molar-refractivity contribution in [3.8, 4) is 0 Å². The first kappa shape index (κ1) is 18.7. The second-order valence-electron chi connectivity index (χ2n) is 6.45. The molecule has 0 bridgehead atoms. The first-order valence-electron chi connectivity index (χ1n) is 9.06. The largest absolute Gasteiger partial charge is 0.325 e. The van der Waals surface area contributed by atoms with Crippen LogP contribution in [-0.2, 0) is 11.2 Å². The number of aryl methyl sites for hydroxylation is 1. The molecule has 2 heterocycles. The first-order chi connectivity index (χ1) is 13.6. The predicted octanol–water partition coefficient (Wildman–Crippen LogP) is 4.82. The summed E-state index contributed by atoms with van der Waals surface area (Å²) in [5.41, 5.74) is 3.28. The number of nitrogens with one attached hydrogen (secondary N) is 2. The highest BCUT2D eigenvalue weighted by atomic mass is 32.2. The summed E-state index contributed by atoms with van der Waals surface area (Å²) < 4.78 is 2.00. The van der Waals surface area contributed by atoms with Crippen molar-refractivity contribution in [2.75, 3.05) is 11.1 Å². The van der Waals surface area contributed by atoms with E-state index in [0.717, 1.165) is 43.9 Å². The van der Waals surface area contributed by atoms with Crippen LogP contribution in [0.5, 0.6) is 0 Å². The normalized spacial score (nSPS) is 11.2. The van der Waals surface area contributed by atoms with Crippen LogP contribution >= 0.6 is 23.1 Å². The summed E-state index contributed by atoms with van der Waals surface area (Å²) >= 11 is 3.01. The second-order valence-corrected chi connectivity index (χ2v) is 8.71. The van der Waals surface area contributed by atoms with Crippen LogP contribution in [0.25, 0.3) is 21.1 Å². The number of carbonyl (C=O) groups excluding carboxylic acids is 1. The molecule has 0 aliphatic carbocycles. The van der Waals surface area contributed by atoms with Crippen molar-refractivity contribution in [1.29, 1.82) is 0 Å². The van der Waals surface area contributed by atoms with E-state index in [0.29, 0.717) is 5.69 Å². The van der Waals surface area contributed by atoms with E-state index in [1.54, 1.807) is 17.4 Å². The van der Waals surface area contributed by atoms with Gasteiger partial charge in [0.1, 0.15) is 0 Å². The van der Waals surface area contributed by atoms with Crippen molar-refractivity contribution in [2.45, 2.75) is 24.1 Å². The number of hydrogen-bond acceptors (Lipinski definition) is 5. The van der Waals surface area contributed by atoms with Crippen molar-refractivity contribution in [3.63, 3.8) is 0 Å². The van der Waals surface area contributed by atoms with Crippen molar-refractivity contribution in [1.82, 2.24) is 9.97 Å². The standard InChI is InChI=1S/C21H19N3O2S2/c1-2-5-13-10-19(25)23-17-11-14(8-9-15(13)17)22-20(26)12-27-21-24-16-6-3-4-7-18(16)28-21/h3-4,6-11H,2,5,12H2,1H3,(H,22,26)(H,23,25). The summed E-state index contributed by atoms with van der Waals surface area (Å²) in [6.07, 6.45) is 1.82. The van der Waals surface area contributed by atoms with Crippen LogP contribution in [0.4, 0.5) is 5.69 Å². The highest BCUT2D eigenvalue weighted by molar-refractivity contribution is 8.01. The average Bonchev–Trinajstić information content (AvgIpc) is 3.09. The fraction of sp³-hybridized carbons (Fsp3) is 0.190. The SMILES string of the molecule is CCCc1cc(=O)[nH]c2cc(NC(=O)CSc3nc4ccccc4s3)ccc12. The van der Waals surface area contributed by atoms with Crippen LogP contribution in [0.3, 0.4) is 0 Å². The van der Waals surface area contributed by atoms with Crippen molar-refractivity contribution in [3.05, 3.63) is 64.4 Å². The molecule has 7 heteroatoms. The number of fused-ring (bicyclic) bond motifs is 2. The number of hydrogen-bond donors (Lipinski definition) is 2. The van der Waals surface area contributed by atoms with E-state index < -0.39 is 0 Å². The quantitative estimate of drug-likeness (QED) is 0.448. The van der Waals surface area contributed by atoms with E-state index >= 15 is 0 Å². The zero-order valence-corrected chi connectivity index (χ0v) is 17.0. The van der Waals surface area contributed by atoms with Gasteiger partial charge in [-0.2, -0.15) is 0 Å². The Kier molecular flexibility index (Phi) is 5.45. The van der Waals surface area contributed by atoms with Crippen LogP contribution in [0.1, 0.15) is 18.9 Å². The number of aromatic amines is 1. The molecule has 0 unspecified atom stereocenters. The van der Waals surface area contributed by atoms with Gasteiger partial charge in [0.15, 0.2) is 4.34 Å². The van der Waals surface area contributed by atoms with E-state index in [-0.39, 0.29) is 17.2 Å². The van der Waals surface area contributed by atoms with Gasteiger partial charge in [-0.3, -0.25) is 9.59 Å². The number of pyridine rings is 1. The molecular formula is C21H19N3O2S2. The number of amides is 1. The first-order valence-corrected chi connectivity index (χ1v) is 10.9. The van der Waals surface area contributed by atoms with Gasteiger partial charge < -0.3 is 10.3 Å². The summed E-state index contributed by atoms with van der Waals surface area (Å²) in [6.45, 7) is 2.09. The van der Waals surface area contributed by atoms with Crippen LogP contribution in [0.2, 0.25) is 0 Å². The van der Waals surface area contributed by atoms with Gasteiger partial charge in [-0.05, 0) is 36.2 Å². The summed E-state index contributed by atoms with van der Waals surface area (Å²) in [5.74, 6) is 0.181. The third kappa shape index (κ3) is 4.10. The molecule has 142 valence electrons. The van der Waals surface area contributed by atoms with Crippen LogP contribution in [0, 0.1) is 0 Å². The monoisotopic (exact) mass is 409 g/mol. The highest BCUT2D eigenvalue weighted by Crippen LogP contribution is 2.29. The fourth-order valence-electron chi connectivity index (χ4n) is 3.12. The second kappa shape index (κ2) is 8.16. The maximum Gasteiger partial charge on any atom is 0.248 e. The Morgan fingerprint density at radius 1 is 1.21 bits per heavy atom. The molecular weight excluding hydrogens is 390 g/mol. The van der Waals surface area contributed by atoms with E-state index in [2.05, 4.69) is 22.2 Å². The molecule has 0 spiro atoms. The molecule has 2 aromatic heterocycles. The van der Waals surface area contributed by atoms with Crippen molar-refractivity contribution < 1.29 is 4.79 Å². The van der Waals surface area contributed by atoms with Crippen LogP contribution < -0.4 is 10.9 Å². The Bertz CT molecular complexity index is 1180. The molecule has 0 saturated carbocycles. The fourth-order valence-corrected chi connectivity index (χ4v) is 4.99. The lowest BCUT2D eigenvalue weighted by atomic mass is 10.0. The third-order valence-electron chi connectivity index (χ3n) is 4.33. The summed E-state index contributed by atoms with van der Waals surface area (Å²) in [5, 5.41) is 3.92. The number of aromatic nitrogens is 2. The van der Waals surface area contributed by atoms with E-state index in [1.807, 2.05) is 42.5 Å². The average molecular weight is 410 g/mol. The molecule has 4 aromatic rings. The Balaban J connectivity index is 1.46. The number of nitrogens with zero attached hydrogens (tertiary/aromatic N) is 1. The number of para-hydroxylation sites is 1. The van der Waals surface area contributed by atoms with E-state index in [1.165, 1.54) is 11.8 Å². The Hall–Kier alpha value is -2.64. The van der Waals surface area contributed by atoms with Gasteiger partial charge in [-0.15, -0.1) is 11.3 Å². The minimum absolute atomic E-state index is 0.101. The molecule has 0 fully saturated rings. The summed E-state index contributed by atoms with van der Waals surface area (Å²) in [4.78, 5) is 31.6. The zero-order valence-electron chi connectivity index (χ0n) is 15.3. The number of benzene rings is 2. The number of anilines is 1. The van der Waals surface area contributed by atoms with Gasteiger partial charge in [-0.1, -0.05) is 43.3 Å². The Morgan fingerprint density at radius 3 is 2.89 bits per heavy atom. The third-order valence-corrected chi connectivity index (χ3v) is 6.51. The molecule has 1 amide bonds. The molecule has 0 saturated heterocycles. The highest BCUT2D eigenvalue weighted by Gasteiger charge is 2.09. The predicted molar refractivity (Wildman–Crippen MR) is 118 cm³/mol. The van der Waals surface area contributed by atoms with Gasteiger partial charge in [0.25, 0.3) is 0 Å². The molecule has 5 nitrogen and oxygen atoms in total. The number of rotatable bonds is 6. The maximum absolute atomic E-state index is 12.3. The molecule has 4 rings (SSSR count). The van der Waals surface area contributed by atoms with Crippen LogP contribution in [-0.4, -0.2) is 21.6 Å². The molecule has 0 radical (unpaired) electrons. The van der Waals surface area contributed by atoms with Crippen molar-refractivity contribution in [2.24, 2.45) is 0 Å². The number of thioether (sulfide) groups is 1. The minimum atomic E-state index is -0.120. The lowest BCUT2D eigenvalue weighted by Crippen LogP contribution is -2.14. The summed E-state index contributed by atoms with van der Waals surface area (Å²) in [7, 11) is 0. The van der Waals surface area contributed by atoms with Gasteiger partial charge in [-0.25, -0.2) is 4.98 Å². The molecule has 2 N–H and O–H groups in total. The zero-order chi connectivity index (χ0) is 19.5. The topological polar surface area (TPSA) is 74.8 Å². The minimum Gasteiger partial charge on any atom is -0.325 e. The molecule has 28 heavy (non-hydrogen) atoms. The van der Waals surface area contributed by atoms with Gasteiger partial charge in [0.2, 0.25) is 11.5 Å². The van der Waals surface area contributed by atoms with E-state index in [9.17, 15) is 9.59 Å². The number of thiazole rings is 1. The Morgan fingerprint density at radius 2 is 2.07 bits per heavy atom. The lowest BCUT2D eigenvalue weighted by molar-refractivity contribution is -0.113. The van der Waals surface area contributed by atoms with Gasteiger partial charge in [0, 0.05) is 17.1 Å². The van der Waals surface area contributed by atoms with Gasteiger partial charge in [0.05, 0.1) is 21.5 Å². The number of H-pyrrole nitrogens is 1. The van der Waals surface area contributed by atoms with Crippen molar-refractivity contribution >= 4 is 55.8 Å². The van der Waals surface area contributed by atoms with E-state index in [4.69, 9.17) is 0 Å². The number of carbonyl (C=O) groups is 1. The summed E-state index contributed by atoms with van der Waals surface area (Å²) in [6, 6.07) is 15.2. The molecule has 2 aromatic carbocycles. The molecule has 0 aliphatic rings. The molecule has 0 aliphatic heterocycles. The lowest BCUT2D eigenvalue weighted by Gasteiger charge is -2.08. The smallest absolute Gasteiger partial charge is 0.248 e. The Labute approximate surface area is 170 Å². The van der Waals surface area contributed by atoms with Crippen LogP contribution in [0.15, 0.2) is 57.7 Å².